The van der Waals surface area contributed by atoms with Gasteiger partial charge >= 0.3 is 0 Å². The zero-order chi connectivity index (χ0) is 23.4. The highest BCUT2D eigenvalue weighted by molar-refractivity contribution is 7.99. The maximum Gasteiger partial charge on any atom is 0.226 e. The molecule has 0 aliphatic carbocycles. The molecule has 1 saturated heterocycles. The summed E-state index contributed by atoms with van der Waals surface area (Å²) in [5.41, 5.74) is 10.8. The number of rotatable bonds is 6. The Morgan fingerprint density at radius 1 is 1.18 bits per heavy atom. The SMILES string of the molecule is CC(=O)/C(COc1cc2c(cn1)CN(C(=O)C1CCSCC1)CC2)=C(\N)c1ccc(C)nc1. The van der Waals surface area contributed by atoms with Gasteiger partial charge in [0.05, 0.1) is 11.3 Å². The fraction of sp³-hybridized carbons (Fsp3) is 0.440. The normalized spacial score (nSPS) is 17.2. The van der Waals surface area contributed by atoms with Crippen molar-refractivity contribution in [2.24, 2.45) is 11.7 Å². The first-order valence-corrected chi connectivity index (χ1v) is 12.5. The third-order valence-corrected chi connectivity index (χ3v) is 7.34. The van der Waals surface area contributed by atoms with Gasteiger partial charge < -0.3 is 15.4 Å². The summed E-state index contributed by atoms with van der Waals surface area (Å²) in [7, 11) is 0. The largest absolute Gasteiger partial charge is 0.473 e. The lowest BCUT2D eigenvalue weighted by molar-refractivity contribution is -0.136. The molecule has 4 rings (SSSR count). The van der Waals surface area contributed by atoms with Crippen LogP contribution < -0.4 is 10.5 Å². The number of amides is 1. The molecule has 4 heterocycles. The molecule has 1 fully saturated rings. The fourth-order valence-corrected chi connectivity index (χ4v) is 5.31. The van der Waals surface area contributed by atoms with Crippen molar-refractivity contribution in [2.75, 3.05) is 24.7 Å². The minimum absolute atomic E-state index is 0.0329. The Labute approximate surface area is 198 Å². The van der Waals surface area contributed by atoms with Crippen LogP contribution in [0.15, 0.2) is 36.2 Å². The lowest BCUT2D eigenvalue weighted by Crippen LogP contribution is -2.40. The van der Waals surface area contributed by atoms with E-state index in [4.69, 9.17) is 10.5 Å². The average Bonchev–Trinajstić information content (AvgIpc) is 2.84. The Morgan fingerprint density at radius 3 is 2.67 bits per heavy atom. The average molecular weight is 467 g/mol. The number of carbonyl (C=O) groups excluding carboxylic acids is 2. The maximum absolute atomic E-state index is 12.9. The van der Waals surface area contributed by atoms with Crippen LogP contribution in [-0.4, -0.2) is 51.2 Å². The molecule has 33 heavy (non-hydrogen) atoms. The van der Waals surface area contributed by atoms with E-state index in [1.165, 1.54) is 6.92 Å². The van der Waals surface area contributed by atoms with Gasteiger partial charge in [-0.15, -0.1) is 0 Å². The molecular formula is C25H30N4O3S. The van der Waals surface area contributed by atoms with Gasteiger partial charge in [-0.3, -0.25) is 14.6 Å². The minimum Gasteiger partial charge on any atom is -0.473 e. The van der Waals surface area contributed by atoms with E-state index in [0.29, 0.717) is 35.8 Å². The number of fused-ring (bicyclic) bond motifs is 1. The number of hydrogen-bond acceptors (Lipinski definition) is 7. The van der Waals surface area contributed by atoms with Crippen LogP contribution in [0.1, 0.15) is 42.1 Å². The Balaban J connectivity index is 1.43. The second-order valence-corrected chi connectivity index (χ2v) is 9.84. The van der Waals surface area contributed by atoms with E-state index < -0.39 is 0 Å². The van der Waals surface area contributed by atoms with Crippen molar-refractivity contribution < 1.29 is 14.3 Å². The molecule has 0 spiro atoms. The summed E-state index contributed by atoms with van der Waals surface area (Å²) in [4.78, 5) is 35.7. The Bertz CT molecular complexity index is 1060. The van der Waals surface area contributed by atoms with E-state index in [1.54, 1.807) is 12.4 Å². The van der Waals surface area contributed by atoms with E-state index in [-0.39, 0.29) is 24.2 Å². The van der Waals surface area contributed by atoms with Crippen molar-refractivity contribution in [1.82, 2.24) is 14.9 Å². The number of ketones is 1. The number of aryl methyl sites for hydroxylation is 1. The number of pyridine rings is 2. The second kappa shape index (κ2) is 10.4. The van der Waals surface area contributed by atoms with Gasteiger partial charge in [0, 0.05) is 48.7 Å². The van der Waals surface area contributed by atoms with E-state index >= 15 is 0 Å². The summed E-state index contributed by atoms with van der Waals surface area (Å²) < 4.78 is 5.86. The molecule has 2 aliphatic heterocycles. The number of thioether (sulfide) groups is 1. The highest BCUT2D eigenvalue weighted by Gasteiger charge is 2.29. The Morgan fingerprint density at radius 2 is 1.97 bits per heavy atom. The third-order valence-electron chi connectivity index (χ3n) is 6.29. The first-order valence-electron chi connectivity index (χ1n) is 11.3. The number of ether oxygens (including phenoxy) is 1. The van der Waals surface area contributed by atoms with Gasteiger partial charge in [-0.1, -0.05) is 0 Å². The monoisotopic (exact) mass is 466 g/mol. The molecule has 7 nitrogen and oxygen atoms in total. The molecule has 1 amide bonds. The van der Waals surface area contributed by atoms with Gasteiger partial charge in [-0.25, -0.2) is 4.98 Å². The lowest BCUT2D eigenvalue weighted by Gasteiger charge is -2.33. The number of aromatic nitrogens is 2. The van der Waals surface area contributed by atoms with Gasteiger partial charge in [-0.2, -0.15) is 11.8 Å². The van der Waals surface area contributed by atoms with Gasteiger partial charge in [0.1, 0.15) is 6.61 Å². The molecular weight excluding hydrogens is 436 g/mol. The van der Waals surface area contributed by atoms with Crippen LogP contribution in [0.4, 0.5) is 0 Å². The molecule has 0 bridgehead atoms. The molecule has 2 aliphatic rings. The first-order chi connectivity index (χ1) is 15.9. The van der Waals surface area contributed by atoms with Crippen LogP contribution in [0.25, 0.3) is 5.70 Å². The van der Waals surface area contributed by atoms with Crippen molar-refractivity contribution in [3.63, 3.8) is 0 Å². The summed E-state index contributed by atoms with van der Waals surface area (Å²) in [6, 6.07) is 5.61. The summed E-state index contributed by atoms with van der Waals surface area (Å²) in [5.74, 6) is 2.88. The molecule has 0 unspecified atom stereocenters. The van der Waals surface area contributed by atoms with E-state index in [2.05, 4.69) is 9.97 Å². The van der Waals surface area contributed by atoms with Gasteiger partial charge in [0.2, 0.25) is 11.8 Å². The molecule has 174 valence electrons. The molecule has 2 N–H and O–H groups in total. The molecule has 0 aromatic carbocycles. The van der Waals surface area contributed by atoms with Crippen LogP contribution in [0.3, 0.4) is 0 Å². The lowest BCUT2D eigenvalue weighted by atomic mass is 9.97. The molecule has 0 atom stereocenters. The number of nitrogens with zero attached hydrogens (tertiary/aromatic N) is 3. The summed E-state index contributed by atoms with van der Waals surface area (Å²) in [6.45, 7) is 4.71. The fourth-order valence-electron chi connectivity index (χ4n) is 4.20. The standard InChI is InChI=1S/C25H30N4O3S/c1-16-3-4-20(12-27-16)24(26)22(17(2)30)15-32-23-11-19-5-8-29(14-21(19)13-28-23)25(31)18-6-9-33-10-7-18/h3-4,11-13,18H,5-10,14-15,26H2,1-2H3/b24-22-. The number of hydrogen-bond donors (Lipinski definition) is 1. The smallest absolute Gasteiger partial charge is 0.226 e. The van der Waals surface area contributed by atoms with Crippen molar-refractivity contribution in [1.29, 1.82) is 0 Å². The molecule has 0 radical (unpaired) electrons. The highest BCUT2D eigenvalue weighted by Crippen LogP contribution is 2.28. The number of Topliss-reactive ketones (excluding diaryl/α,β-unsaturated/α-hetero) is 1. The van der Waals surface area contributed by atoms with Crippen molar-refractivity contribution >= 4 is 29.1 Å². The second-order valence-electron chi connectivity index (χ2n) is 8.61. The topological polar surface area (TPSA) is 98.4 Å². The molecule has 2 aromatic rings. The van der Waals surface area contributed by atoms with Crippen LogP contribution in [0, 0.1) is 12.8 Å². The molecule has 0 saturated carbocycles. The summed E-state index contributed by atoms with van der Waals surface area (Å²) >= 11 is 1.93. The highest BCUT2D eigenvalue weighted by atomic mass is 32.2. The van der Waals surface area contributed by atoms with E-state index in [9.17, 15) is 9.59 Å². The van der Waals surface area contributed by atoms with Crippen molar-refractivity contribution in [3.8, 4) is 5.88 Å². The summed E-state index contributed by atoms with van der Waals surface area (Å²) in [6.07, 6.45) is 6.17. The van der Waals surface area contributed by atoms with Gasteiger partial charge in [0.25, 0.3) is 0 Å². The van der Waals surface area contributed by atoms with E-state index in [0.717, 1.165) is 47.6 Å². The zero-order valence-electron chi connectivity index (χ0n) is 19.2. The quantitative estimate of drug-likeness (QED) is 0.653. The predicted molar refractivity (Wildman–Crippen MR) is 130 cm³/mol. The number of nitrogens with two attached hydrogens (primary N) is 1. The van der Waals surface area contributed by atoms with Crippen molar-refractivity contribution in [3.05, 3.63) is 58.6 Å². The van der Waals surface area contributed by atoms with E-state index in [1.807, 2.05) is 41.8 Å². The number of carbonyl (C=O) groups is 2. The third kappa shape index (κ3) is 5.55. The predicted octanol–water partition coefficient (Wildman–Crippen LogP) is 3.15. The van der Waals surface area contributed by atoms with Crippen LogP contribution >= 0.6 is 11.8 Å². The van der Waals surface area contributed by atoms with Crippen LogP contribution in [-0.2, 0) is 22.6 Å². The van der Waals surface area contributed by atoms with Crippen molar-refractivity contribution in [2.45, 2.75) is 39.7 Å². The maximum atomic E-state index is 12.9. The van der Waals surface area contributed by atoms with Gasteiger partial charge in [-0.05, 0) is 67.9 Å². The zero-order valence-corrected chi connectivity index (χ0v) is 20.0. The molecule has 8 heteroatoms. The van der Waals surface area contributed by atoms with Crippen LogP contribution in [0.2, 0.25) is 0 Å². The molecule has 2 aromatic heterocycles. The Hall–Kier alpha value is -2.87. The summed E-state index contributed by atoms with van der Waals surface area (Å²) in [5, 5.41) is 0. The first kappa shape index (κ1) is 23.3. The van der Waals surface area contributed by atoms with Crippen LogP contribution in [0.5, 0.6) is 5.88 Å². The van der Waals surface area contributed by atoms with Gasteiger partial charge in [0.15, 0.2) is 5.78 Å². The Kier molecular flexibility index (Phi) is 7.33. The minimum atomic E-state index is -0.152.